The second kappa shape index (κ2) is 6.73. The van der Waals surface area contributed by atoms with Gasteiger partial charge in [-0.05, 0) is 19.1 Å². The van der Waals surface area contributed by atoms with E-state index in [-0.39, 0.29) is 6.10 Å². The summed E-state index contributed by atoms with van der Waals surface area (Å²) in [5.74, 6) is 0.934. The summed E-state index contributed by atoms with van der Waals surface area (Å²) < 4.78 is 11.2. The van der Waals surface area contributed by atoms with E-state index in [1.807, 2.05) is 12.1 Å². The maximum absolute atomic E-state index is 5.72. The van der Waals surface area contributed by atoms with Crippen molar-refractivity contribution in [2.75, 3.05) is 39.4 Å². The van der Waals surface area contributed by atoms with Crippen LogP contribution in [0.4, 0.5) is 0 Å². The minimum Gasteiger partial charge on any atom is -0.492 e. The summed E-state index contributed by atoms with van der Waals surface area (Å²) in [5.41, 5.74) is 6.87. The highest BCUT2D eigenvalue weighted by Crippen LogP contribution is 2.11. The van der Waals surface area contributed by atoms with Gasteiger partial charge in [-0.1, -0.05) is 17.7 Å². The van der Waals surface area contributed by atoms with E-state index in [4.69, 9.17) is 15.2 Å². The third kappa shape index (κ3) is 3.98. The fourth-order valence-corrected chi connectivity index (χ4v) is 2.05. The molecular formula is C14H22N2O2. The number of morpholine rings is 1. The molecule has 2 N–H and O–H groups in total. The van der Waals surface area contributed by atoms with Crippen LogP contribution in [0.5, 0.6) is 5.75 Å². The second-order valence-electron chi connectivity index (χ2n) is 4.69. The molecule has 2 rings (SSSR count). The van der Waals surface area contributed by atoms with Gasteiger partial charge in [-0.25, -0.2) is 0 Å². The van der Waals surface area contributed by atoms with Crippen LogP contribution in [0.25, 0.3) is 0 Å². The van der Waals surface area contributed by atoms with Crippen LogP contribution in [0.1, 0.15) is 5.56 Å². The van der Waals surface area contributed by atoms with Gasteiger partial charge in [0.25, 0.3) is 0 Å². The Morgan fingerprint density at radius 3 is 2.89 bits per heavy atom. The van der Waals surface area contributed by atoms with Crippen molar-refractivity contribution in [2.45, 2.75) is 13.0 Å². The number of ether oxygens (including phenoxy) is 2. The van der Waals surface area contributed by atoms with Crippen LogP contribution in [-0.4, -0.2) is 50.4 Å². The van der Waals surface area contributed by atoms with Crippen LogP contribution in [0.2, 0.25) is 0 Å². The lowest BCUT2D eigenvalue weighted by molar-refractivity contribution is -0.0261. The zero-order chi connectivity index (χ0) is 12.8. The van der Waals surface area contributed by atoms with Crippen LogP contribution in [0, 0.1) is 6.92 Å². The molecule has 1 fully saturated rings. The van der Waals surface area contributed by atoms with Crippen LogP contribution in [-0.2, 0) is 4.74 Å². The molecule has 0 bridgehead atoms. The van der Waals surface area contributed by atoms with Crippen LogP contribution >= 0.6 is 0 Å². The summed E-state index contributed by atoms with van der Waals surface area (Å²) in [5, 5.41) is 0. The highest BCUT2D eigenvalue weighted by atomic mass is 16.5. The number of hydrogen-bond donors (Lipinski definition) is 1. The SMILES string of the molecule is Cc1ccc(OCCN2CCOC(CN)C2)cc1. The monoisotopic (exact) mass is 250 g/mol. The van der Waals surface area contributed by atoms with Crippen molar-refractivity contribution >= 4 is 0 Å². The third-order valence-corrected chi connectivity index (χ3v) is 3.18. The normalized spacial score (nSPS) is 20.9. The van der Waals surface area contributed by atoms with E-state index in [0.717, 1.165) is 32.0 Å². The summed E-state index contributed by atoms with van der Waals surface area (Å²) in [7, 11) is 0. The maximum atomic E-state index is 5.72. The maximum Gasteiger partial charge on any atom is 0.119 e. The van der Waals surface area contributed by atoms with Crippen molar-refractivity contribution in [1.82, 2.24) is 4.90 Å². The molecule has 4 heteroatoms. The quantitative estimate of drug-likeness (QED) is 0.848. The van der Waals surface area contributed by atoms with Gasteiger partial charge in [0.1, 0.15) is 12.4 Å². The minimum atomic E-state index is 0.179. The minimum absolute atomic E-state index is 0.179. The van der Waals surface area contributed by atoms with E-state index in [2.05, 4.69) is 24.0 Å². The summed E-state index contributed by atoms with van der Waals surface area (Å²) in [6.07, 6.45) is 0.179. The number of nitrogens with zero attached hydrogens (tertiary/aromatic N) is 1. The lowest BCUT2D eigenvalue weighted by Gasteiger charge is -2.32. The molecule has 0 aromatic heterocycles. The number of aryl methyl sites for hydroxylation is 1. The second-order valence-corrected chi connectivity index (χ2v) is 4.69. The van der Waals surface area contributed by atoms with Gasteiger partial charge in [-0.3, -0.25) is 4.90 Å². The number of nitrogens with two attached hydrogens (primary N) is 1. The van der Waals surface area contributed by atoms with E-state index < -0.39 is 0 Å². The Labute approximate surface area is 109 Å². The zero-order valence-electron chi connectivity index (χ0n) is 11.0. The lowest BCUT2D eigenvalue weighted by Crippen LogP contribution is -2.46. The van der Waals surface area contributed by atoms with Gasteiger partial charge in [0, 0.05) is 26.2 Å². The lowest BCUT2D eigenvalue weighted by atomic mass is 10.2. The first-order valence-corrected chi connectivity index (χ1v) is 6.51. The first-order chi connectivity index (χ1) is 8.78. The molecule has 0 spiro atoms. The Hall–Kier alpha value is -1.10. The summed E-state index contributed by atoms with van der Waals surface area (Å²) in [4.78, 5) is 2.34. The molecule has 1 aliphatic heterocycles. The van der Waals surface area contributed by atoms with Gasteiger partial charge < -0.3 is 15.2 Å². The van der Waals surface area contributed by atoms with Crippen molar-refractivity contribution in [2.24, 2.45) is 5.73 Å². The van der Waals surface area contributed by atoms with Crippen molar-refractivity contribution < 1.29 is 9.47 Å². The first kappa shape index (κ1) is 13.3. The zero-order valence-corrected chi connectivity index (χ0v) is 11.0. The molecule has 100 valence electrons. The molecule has 1 aromatic rings. The smallest absolute Gasteiger partial charge is 0.119 e. The van der Waals surface area contributed by atoms with Gasteiger partial charge in [-0.15, -0.1) is 0 Å². The molecule has 0 aliphatic carbocycles. The molecule has 1 unspecified atom stereocenters. The highest BCUT2D eigenvalue weighted by Gasteiger charge is 2.18. The van der Waals surface area contributed by atoms with E-state index in [0.29, 0.717) is 13.2 Å². The third-order valence-electron chi connectivity index (χ3n) is 3.18. The Morgan fingerprint density at radius 1 is 1.39 bits per heavy atom. The number of hydrogen-bond acceptors (Lipinski definition) is 4. The summed E-state index contributed by atoms with van der Waals surface area (Å²) >= 11 is 0. The van der Waals surface area contributed by atoms with Gasteiger partial charge in [0.15, 0.2) is 0 Å². The first-order valence-electron chi connectivity index (χ1n) is 6.51. The van der Waals surface area contributed by atoms with Crippen LogP contribution in [0.3, 0.4) is 0 Å². The van der Waals surface area contributed by atoms with Crippen molar-refractivity contribution in [3.63, 3.8) is 0 Å². The van der Waals surface area contributed by atoms with Gasteiger partial charge in [0.2, 0.25) is 0 Å². The number of rotatable bonds is 5. The fraction of sp³-hybridized carbons (Fsp3) is 0.571. The Bertz CT molecular complexity index is 353. The molecule has 1 heterocycles. The Balaban J connectivity index is 1.70. The predicted molar refractivity (Wildman–Crippen MR) is 71.9 cm³/mol. The van der Waals surface area contributed by atoms with Crippen molar-refractivity contribution in [3.05, 3.63) is 29.8 Å². The Morgan fingerprint density at radius 2 is 2.17 bits per heavy atom. The number of benzene rings is 1. The van der Waals surface area contributed by atoms with E-state index in [9.17, 15) is 0 Å². The van der Waals surface area contributed by atoms with E-state index >= 15 is 0 Å². The molecular weight excluding hydrogens is 228 g/mol. The fourth-order valence-electron chi connectivity index (χ4n) is 2.05. The average Bonchev–Trinajstić information content (AvgIpc) is 2.41. The molecule has 0 amide bonds. The standard InChI is InChI=1S/C14H22N2O2/c1-12-2-4-13(5-3-12)17-8-6-16-7-9-18-14(10-15)11-16/h2-5,14H,6-11,15H2,1H3. The predicted octanol–water partition coefficient (Wildman–Crippen LogP) is 1.03. The molecule has 1 aromatic carbocycles. The van der Waals surface area contributed by atoms with Crippen LogP contribution in [0.15, 0.2) is 24.3 Å². The van der Waals surface area contributed by atoms with Gasteiger partial charge >= 0.3 is 0 Å². The molecule has 0 saturated carbocycles. The molecule has 0 radical (unpaired) electrons. The van der Waals surface area contributed by atoms with Gasteiger partial charge in [0.05, 0.1) is 12.7 Å². The highest BCUT2D eigenvalue weighted by molar-refractivity contribution is 5.26. The Kier molecular flexibility index (Phi) is 4.99. The topological polar surface area (TPSA) is 47.7 Å². The molecule has 1 aliphatic rings. The molecule has 4 nitrogen and oxygen atoms in total. The molecule has 1 atom stereocenters. The summed E-state index contributed by atoms with van der Waals surface area (Å²) in [6.45, 7) is 6.95. The van der Waals surface area contributed by atoms with Crippen molar-refractivity contribution in [3.8, 4) is 5.75 Å². The largest absolute Gasteiger partial charge is 0.492 e. The van der Waals surface area contributed by atoms with Crippen LogP contribution < -0.4 is 10.5 Å². The summed E-state index contributed by atoms with van der Waals surface area (Å²) in [6, 6.07) is 8.15. The van der Waals surface area contributed by atoms with Crippen molar-refractivity contribution in [1.29, 1.82) is 0 Å². The molecule has 18 heavy (non-hydrogen) atoms. The average molecular weight is 250 g/mol. The molecule has 1 saturated heterocycles. The van der Waals surface area contributed by atoms with E-state index in [1.54, 1.807) is 0 Å². The van der Waals surface area contributed by atoms with Gasteiger partial charge in [-0.2, -0.15) is 0 Å². The van der Waals surface area contributed by atoms with E-state index in [1.165, 1.54) is 5.56 Å².